The van der Waals surface area contributed by atoms with Gasteiger partial charge in [0.25, 0.3) is 5.91 Å². The second kappa shape index (κ2) is 6.07. The monoisotopic (exact) mass is 223 g/mol. The third-order valence-electron chi connectivity index (χ3n) is 2.03. The summed E-state index contributed by atoms with van der Waals surface area (Å²) in [6.07, 6.45) is 2.91. The zero-order valence-electron chi connectivity index (χ0n) is 9.54. The molecule has 3 N–H and O–H groups in total. The average molecular weight is 223 g/mol. The maximum Gasteiger partial charge on any atom is 0.256 e. The second-order valence-electron chi connectivity index (χ2n) is 3.79. The number of hydrogen-bond acceptors (Lipinski definition) is 3. The van der Waals surface area contributed by atoms with E-state index in [0.717, 1.165) is 0 Å². The lowest BCUT2D eigenvalue weighted by Gasteiger charge is -2.08. The number of rotatable bonds is 5. The summed E-state index contributed by atoms with van der Waals surface area (Å²) in [5.41, 5.74) is -0.125. The van der Waals surface area contributed by atoms with Crippen molar-refractivity contribution in [2.75, 3.05) is 13.1 Å². The fraction of sp³-hybridized carbons (Fsp3) is 0.455. The molecule has 0 saturated carbocycles. The summed E-state index contributed by atoms with van der Waals surface area (Å²) >= 11 is 0. The maximum atomic E-state index is 11.6. The van der Waals surface area contributed by atoms with Crippen LogP contribution in [0.3, 0.4) is 0 Å². The average Bonchev–Trinajstić information content (AvgIpc) is 2.24. The fourth-order valence-electron chi connectivity index (χ4n) is 1.23. The van der Waals surface area contributed by atoms with Crippen molar-refractivity contribution in [1.29, 1.82) is 0 Å². The van der Waals surface area contributed by atoms with E-state index in [9.17, 15) is 9.59 Å². The lowest BCUT2D eigenvalue weighted by molar-refractivity contribution is 0.0952. The first-order chi connectivity index (χ1) is 7.61. The van der Waals surface area contributed by atoms with E-state index in [0.29, 0.717) is 19.1 Å². The highest BCUT2D eigenvalue weighted by molar-refractivity contribution is 5.93. The molecule has 88 valence electrons. The summed E-state index contributed by atoms with van der Waals surface area (Å²) in [7, 11) is 0. The Morgan fingerprint density at radius 1 is 1.44 bits per heavy atom. The topological polar surface area (TPSA) is 74.0 Å². The van der Waals surface area contributed by atoms with Crippen molar-refractivity contribution in [2.24, 2.45) is 0 Å². The van der Waals surface area contributed by atoms with Crippen LogP contribution in [-0.4, -0.2) is 30.0 Å². The molecule has 0 radical (unpaired) electrons. The first kappa shape index (κ1) is 12.4. The zero-order valence-corrected chi connectivity index (χ0v) is 9.54. The third kappa shape index (κ3) is 3.86. The molecule has 0 fully saturated rings. The smallest absolute Gasteiger partial charge is 0.256 e. The highest BCUT2D eigenvalue weighted by Crippen LogP contribution is 1.87. The minimum atomic E-state index is -0.340. The predicted octanol–water partition coefficient (Wildman–Crippen LogP) is 0.103. The van der Waals surface area contributed by atoms with Gasteiger partial charge in [-0.3, -0.25) is 9.59 Å². The molecule has 0 bridgehead atoms. The highest BCUT2D eigenvalue weighted by atomic mass is 16.2. The van der Waals surface area contributed by atoms with E-state index >= 15 is 0 Å². The van der Waals surface area contributed by atoms with Gasteiger partial charge in [-0.15, -0.1) is 0 Å². The second-order valence-corrected chi connectivity index (χ2v) is 3.79. The Kier molecular flexibility index (Phi) is 4.72. The molecule has 5 nitrogen and oxygen atoms in total. The molecule has 1 amide bonds. The van der Waals surface area contributed by atoms with E-state index < -0.39 is 0 Å². The van der Waals surface area contributed by atoms with Gasteiger partial charge in [0, 0.05) is 37.6 Å². The number of nitrogens with one attached hydrogen (secondary N) is 3. The molecule has 0 spiro atoms. The molecule has 5 heteroatoms. The summed E-state index contributed by atoms with van der Waals surface area (Å²) in [5, 5.41) is 5.84. The van der Waals surface area contributed by atoms with Gasteiger partial charge in [-0.1, -0.05) is 13.8 Å². The van der Waals surface area contributed by atoms with E-state index in [-0.39, 0.29) is 16.9 Å². The van der Waals surface area contributed by atoms with Crippen LogP contribution < -0.4 is 16.1 Å². The maximum absolute atomic E-state index is 11.6. The molecule has 0 aliphatic heterocycles. The van der Waals surface area contributed by atoms with Crippen molar-refractivity contribution < 1.29 is 4.79 Å². The number of carbonyl (C=O) groups excluding carboxylic acids is 1. The van der Waals surface area contributed by atoms with Gasteiger partial charge in [-0.2, -0.15) is 0 Å². The normalized spacial score (nSPS) is 10.4. The Balaban J connectivity index is 2.42. The van der Waals surface area contributed by atoms with Crippen LogP contribution in [0, 0.1) is 0 Å². The summed E-state index contributed by atoms with van der Waals surface area (Å²) in [5.74, 6) is -0.340. The fourth-order valence-corrected chi connectivity index (χ4v) is 1.23. The van der Waals surface area contributed by atoms with Crippen LogP contribution in [0.4, 0.5) is 0 Å². The minimum Gasteiger partial charge on any atom is -0.367 e. The van der Waals surface area contributed by atoms with Crippen LogP contribution in [0.2, 0.25) is 0 Å². The number of carbonyl (C=O) groups is 1. The summed E-state index contributed by atoms with van der Waals surface area (Å²) in [6.45, 7) is 5.26. The van der Waals surface area contributed by atoms with Crippen LogP contribution in [0.1, 0.15) is 24.2 Å². The van der Waals surface area contributed by atoms with E-state index in [1.807, 2.05) is 13.8 Å². The highest BCUT2D eigenvalue weighted by Gasteiger charge is 2.07. The number of amides is 1. The van der Waals surface area contributed by atoms with E-state index in [4.69, 9.17) is 0 Å². The van der Waals surface area contributed by atoms with Gasteiger partial charge in [-0.05, 0) is 0 Å². The predicted molar refractivity (Wildman–Crippen MR) is 62.5 cm³/mol. The van der Waals surface area contributed by atoms with Crippen molar-refractivity contribution in [3.63, 3.8) is 0 Å². The molecule has 1 rings (SSSR count). The molecular formula is C11H17N3O2. The summed E-state index contributed by atoms with van der Waals surface area (Å²) in [4.78, 5) is 25.6. The molecule has 1 aromatic rings. The van der Waals surface area contributed by atoms with Crippen LogP contribution >= 0.6 is 0 Å². The lowest BCUT2D eigenvalue weighted by atomic mass is 10.2. The molecule has 0 aromatic carbocycles. The van der Waals surface area contributed by atoms with Gasteiger partial charge in [0.15, 0.2) is 5.43 Å². The van der Waals surface area contributed by atoms with Gasteiger partial charge >= 0.3 is 0 Å². The van der Waals surface area contributed by atoms with Crippen LogP contribution in [0.5, 0.6) is 0 Å². The van der Waals surface area contributed by atoms with Crippen LogP contribution in [0.15, 0.2) is 23.3 Å². The SMILES string of the molecule is CC(C)NCCNC(=O)c1c[nH]ccc1=O. The van der Waals surface area contributed by atoms with E-state index in [2.05, 4.69) is 15.6 Å². The molecule has 1 aromatic heterocycles. The first-order valence-electron chi connectivity index (χ1n) is 5.30. The van der Waals surface area contributed by atoms with Gasteiger partial charge in [-0.25, -0.2) is 0 Å². The molecular weight excluding hydrogens is 206 g/mol. The van der Waals surface area contributed by atoms with Crippen molar-refractivity contribution in [2.45, 2.75) is 19.9 Å². The minimum absolute atomic E-state index is 0.145. The van der Waals surface area contributed by atoms with Crippen LogP contribution in [-0.2, 0) is 0 Å². The van der Waals surface area contributed by atoms with Gasteiger partial charge in [0.05, 0.1) is 0 Å². The molecule has 16 heavy (non-hydrogen) atoms. The number of H-pyrrole nitrogens is 1. The molecule has 0 aliphatic carbocycles. The molecule has 0 unspecified atom stereocenters. The molecule has 0 saturated heterocycles. The Morgan fingerprint density at radius 3 is 2.81 bits per heavy atom. The number of aromatic nitrogens is 1. The summed E-state index contributed by atoms with van der Waals surface area (Å²) in [6, 6.07) is 1.72. The number of aromatic amines is 1. The Labute approximate surface area is 94.3 Å². The molecule has 0 atom stereocenters. The Morgan fingerprint density at radius 2 is 2.19 bits per heavy atom. The Hall–Kier alpha value is -1.62. The lowest BCUT2D eigenvalue weighted by Crippen LogP contribution is -2.36. The number of pyridine rings is 1. The van der Waals surface area contributed by atoms with Gasteiger partial charge in [0.2, 0.25) is 0 Å². The van der Waals surface area contributed by atoms with Crippen molar-refractivity contribution in [3.8, 4) is 0 Å². The zero-order chi connectivity index (χ0) is 12.0. The third-order valence-corrected chi connectivity index (χ3v) is 2.03. The summed E-state index contributed by atoms with van der Waals surface area (Å²) < 4.78 is 0. The first-order valence-corrected chi connectivity index (χ1v) is 5.30. The van der Waals surface area contributed by atoms with Crippen molar-refractivity contribution in [3.05, 3.63) is 34.2 Å². The van der Waals surface area contributed by atoms with Crippen molar-refractivity contribution >= 4 is 5.91 Å². The quantitative estimate of drug-likeness (QED) is 0.620. The van der Waals surface area contributed by atoms with Crippen molar-refractivity contribution in [1.82, 2.24) is 15.6 Å². The standard InChI is InChI=1S/C11H17N3O2/c1-8(2)13-5-6-14-11(16)9-7-12-4-3-10(9)15/h3-4,7-8,13H,5-6H2,1-2H3,(H,12,15)(H,14,16). The number of hydrogen-bond donors (Lipinski definition) is 3. The Bertz CT molecular complexity index is 398. The molecule has 0 aliphatic rings. The largest absolute Gasteiger partial charge is 0.367 e. The molecule has 1 heterocycles. The van der Waals surface area contributed by atoms with E-state index in [1.54, 1.807) is 0 Å². The van der Waals surface area contributed by atoms with E-state index in [1.165, 1.54) is 18.5 Å². The van der Waals surface area contributed by atoms with Gasteiger partial charge < -0.3 is 15.6 Å². The van der Waals surface area contributed by atoms with Crippen LogP contribution in [0.25, 0.3) is 0 Å². The van der Waals surface area contributed by atoms with Gasteiger partial charge in [0.1, 0.15) is 5.56 Å².